The quantitative estimate of drug-likeness (QED) is 0.218. The second kappa shape index (κ2) is 13.0. The molecule has 1 aliphatic rings. The Morgan fingerprint density at radius 1 is 0.902 bits per heavy atom. The van der Waals surface area contributed by atoms with Gasteiger partial charge in [0.2, 0.25) is 0 Å². The molecule has 2 N–H and O–H groups in total. The smallest absolute Gasteiger partial charge is 0.258 e. The molecule has 1 heterocycles. The van der Waals surface area contributed by atoms with E-state index in [1.54, 1.807) is 18.2 Å². The van der Waals surface area contributed by atoms with E-state index in [1.807, 2.05) is 91.5 Å². The van der Waals surface area contributed by atoms with E-state index in [0.29, 0.717) is 41.5 Å². The van der Waals surface area contributed by atoms with E-state index in [4.69, 9.17) is 16.3 Å². The van der Waals surface area contributed by atoms with E-state index in [-0.39, 0.29) is 17.9 Å². The number of fused-ring (bicyclic) bond motifs is 1. The molecule has 0 radical (unpaired) electrons. The molecule has 0 saturated heterocycles. The average Bonchev–Trinajstić information content (AvgIpc) is 3.15. The number of carbonyl (C=O) groups is 2. The van der Waals surface area contributed by atoms with Crippen LogP contribution in [0.4, 0.5) is 11.4 Å². The first-order valence-corrected chi connectivity index (χ1v) is 14.3. The fourth-order valence-electron chi connectivity index (χ4n) is 5.27. The fourth-order valence-corrected chi connectivity index (χ4v) is 5.45. The molecule has 0 aliphatic carbocycles. The summed E-state index contributed by atoms with van der Waals surface area (Å²) >= 11 is 6.43. The van der Waals surface area contributed by atoms with Crippen LogP contribution in [0.3, 0.4) is 0 Å². The summed E-state index contributed by atoms with van der Waals surface area (Å²) in [6, 6.07) is 28.4. The molecule has 0 fully saturated rings. The summed E-state index contributed by atoms with van der Waals surface area (Å²) in [5.41, 5.74) is 5.44. The lowest BCUT2D eigenvalue weighted by Gasteiger charge is -2.25. The van der Waals surface area contributed by atoms with Crippen molar-refractivity contribution in [1.29, 1.82) is 0 Å². The number of anilines is 2. The Balaban J connectivity index is 1.31. The standard InChI is InChI=1S/C34H34ClN3O3/c1-23-9-6-7-12-28(23)33(39)37-26-15-16-29(24(2)21-26)34(40)38-19-8-13-31(30-22-25(35)14-17-32(30)38)36-18-20-41-27-10-4-3-5-11-27/h3-7,9-12,14-17,21-22,31,36H,8,13,18-20H2,1-2H3,(H,37,39). The van der Waals surface area contributed by atoms with Gasteiger partial charge in [-0.05, 0) is 98.0 Å². The first kappa shape index (κ1) is 28.4. The van der Waals surface area contributed by atoms with Crippen molar-refractivity contribution in [2.75, 3.05) is 29.9 Å². The third kappa shape index (κ3) is 6.79. The van der Waals surface area contributed by atoms with E-state index < -0.39 is 0 Å². The molecular formula is C34H34ClN3O3. The molecule has 4 aromatic carbocycles. The first-order valence-electron chi connectivity index (χ1n) is 13.9. The predicted octanol–water partition coefficient (Wildman–Crippen LogP) is 7.36. The summed E-state index contributed by atoms with van der Waals surface area (Å²) in [4.78, 5) is 28.6. The Morgan fingerprint density at radius 2 is 1.68 bits per heavy atom. The number of halogens is 1. The Bertz CT molecular complexity index is 1540. The van der Waals surface area contributed by atoms with Crippen LogP contribution in [0.5, 0.6) is 5.75 Å². The molecule has 0 bridgehead atoms. The van der Waals surface area contributed by atoms with Gasteiger partial charge in [0.1, 0.15) is 12.4 Å². The van der Waals surface area contributed by atoms with Crippen molar-refractivity contribution in [2.24, 2.45) is 0 Å². The van der Waals surface area contributed by atoms with Gasteiger partial charge in [-0.25, -0.2) is 0 Å². The van der Waals surface area contributed by atoms with E-state index in [0.717, 1.165) is 41.0 Å². The summed E-state index contributed by atoms with van der Waals surface area (Å²) in [6.45, 7) is 5.59. The number of rotatable bonds is 8. The fraction of sp³-hybridized carbons (Fsp3) is 0.235. The van der Waals surface area contributed by atoms with Crippen LogP contribution in [0.1, 0.15) is 56.3 Å². The Labute approximate surface area is 246 Å². The molecule has 0 aromatic heterocycles. The minimum atomic E-state index is -0.174. The van der Waals surface area contributed by atoms with E-state index in [1.165, 1.54) is 0 Å². The van der Waals surface area contributed by atoms with Gasteiger partial charge >= 0.3 is 0 Å². The molecule has 4 aromatic rings. The van der Waals surface area contributed by atoms with Crippen molar-refractivity contribution in [3.8, 4) is 5.75 Å². The Kier molecular flexibility index (Phi) is 9.02. The molecule has 5 rings (SSSR count). The van der Waals surface area contributed by atoms with E-state index in [2.05, 4.69) is 10.6 Å². The zero-order valence-corrected chi connectivity index (χ0v) is 24.1. The highest BCUT2D eigenvalue weighted by atomic mass is 35.5. The second-order valence-corrected chi connectivity index (χ2v) is 10.7. The summed E-state index contributed by atoms with van der Waals surface area (Å²) < 4.78 is 5.86. The summed E-state index contributed by atoms with van der Waals surface area (Å²) in [6.07, 6.45) is 1.70. The summed E-state index contributed by atoms with van der Waals surface area (Å²) in [5.74, 6) is 0.593. The molecule has 0 spiro atoms. The number of hydrogen-bond donors (Lipinski definition) is 2. The molecule has 7 heteroatoms. The minimum Gasteiger partial charge on any atom is -0.492 e. The topological polar surface area (TPSA) is 70.7 Å². The first-order chi connectivity index (χ1) is 19.9. The number of carbonyl (C=O) groups excluding carboxylic acids is 2. The van der Waals surface area contributed by atoms with Crippen LogP contribution in [-0.2, 0) is 0 Å². The number of ether oxygens (including phenoxy) is 1. The SMILES string of the molecule is Cc1ccccc1C(=O)Nc1ccc(C(=O)N2CCCC(NCCOc3ccccc3)c3cc(Cl)ccc32)c(C)c1. The third-order valence-corrected chi connectivity index (χ3v) is 7.62. The predicted molar refractivity (Wildman–Crippen MR) is 165 cm³/mol. The molecule has 2 amide bonds. The molecule has 210 valence electrons. The van der Waals surface area contributed by atoms with Crippen LogP contribution in [0.2, 0.25) is 5.02 Å². The van der Waals surface area contributed by atoms with Crippen molar-refractivity contribution in [2.45, 2.75) is 32.7 Å². The van der Waals surface area contributed by atoms with Crippen molar-refractivity contribution >= 4 is 34.8 Å². The van der Waals surface area contributed by atoms with Gasteiger partial charge in [0, 0.05) is 46.7 Å². The van der Waals surface area contributed by atoms with E-state index in [9.17, 15) is 9.59 Å². The summed E-state index contributed by atoms with van der Waals surface area (Å²) in [5, 5.41) is 7.20. The zero-order chi connectivity index (χ0) is 28.8. The number of amides is 2. The molecule has 1 unspecified atom stereocenters. The molecule has 0 saturated carbocycles. The maximum Gasteiger partial charge on any atom is 0.258 e. The minimum absolute atomic E-state index is 0.0426. The molecular weight excluding hydrogens is 534 g/mol. The van der Waals surface area contributed by atoms with Crippen LogP contribution in [-0.4, -0.2) is 31.5 Å². The van der Waals surface area contributed by atoms with Gasteiger partial charge in [0.25, 0.3) is 11.8 Å². The van der Waals surface area contributed by atoms with Gasteiger partial charge in [0.15, 0.2) is 0 Å². The maximum absolute atomic E-state index is 13.9. The lowest BCUT2D eigenvalue weighted by molar-refractivity contribution is 0.0985. The van der Waals surface area contributed by atoms with Crippen LogP contribution in [0.15, 0.2) is 91.0 Å². The van der Waals surface area contributed by atoms with Crippen LogP contribution >= 0.6 is 11.6 Å². The van der Waals surface area contributed by atoms with Gasteiger partial charge in [0.05, 0.1) is 0 Å². The van der Waals surface area contributed by atoms with Crippen LogP contribution in [0, 0.1) is 13.8 Å². The third-order valence-electron chi connectivity index (χ3n) is 7.38. The van der Waals surface area contributed by atoms with Crippen molar-refractivity contribution in [3.05, 3.63) is 124 Å². The average molecular weight is 568 g/mol. The largest absolute Gasteiger partial charge is 0.492 e. The summed E-state index contributed by atoms with van der Waals surface area (Å²) in [7, 11) is 0. The highest BCUT2D eigenvalue weighted by Crippen LogP contribution is 2.36. The molecule has 41 heavy (non-hydrogen) atoms. The zero-order valence-electron chi connectivity index (χ0n) is 23.3. The van der Waals surface area contributed by atoms with Gasteiger partial charge in [-0.2, -0.15) is 0 Å². The monoisotopic (exact) mass is 567 g/mol. The van der Waals surface area contributed by atoms with Crippen molar-refractivity contribution in [3.63, 3.8) is 0 Å². The lowest BCUT2D eigenvalue weighted by Crippen LogP contribution is -2.32. The number of nitrogens with zero attached hydrogens (tertiary/aromatic N) is 1. The van der Waals surface area contributed by atoms with Crippen molar-refractivity contribution in [1.82, 2.24) is 5.32 Å². The molecule has 6 nitrogen and oxygen atoms in total. The van der Waals surface area contributed by atoms with Gasteiger partial charge < -0.3 is 20.3 Å². The van der Waals surface area contributed by atoms with Crippen molar-refractivity contribution < 1.29 is 14.3 Å². The second-order valence-electron chi connectivity index (χ2n) is 10.3. The number of benzene rings is 4. The van der Waals surface area contributed by atoms with Gasteiger partial charge in [-0.1, -0.05) is 48.0 Å². The van der Waals surface area contributed by atoms with Crippen LogP contribution in [0.25, 0.3) is 0 Å². The normalized spacial score (nSPS) is 14.6. The van der Waals surface area contributed by atoms with Crippen LogP contribution < -0.4 is 20.3 Å². The maximum atomic E-state index is 13.9. The number of nitrogens with one attached hydrogen (secondary N) is 2. The van der Waals surface area contributed by atoms with Gasteiger partial charge in [-0.15, -0.1) is 0 Å². The number of hydrogen-bond acceptors (Lipinski definition) is 4. The molecule has 1 aliphatic heterocycles. The Hall–Kier alpha value is -4.13. The number of para-hydroxylation sites is 1. The highest BCUT2D eigenvalue weighted by molar-refractivity contribution is 6.30. The van der Waals surface area contributed by atoms with Gasteiger partial charge in [-0.3, -0.25) is 9.59 Å². The van der Waals surface area contributed by atoms with E-state index >= 15 is 0 Å². The molecule has 1 atom stereocenters. The number of aryl methyl sites for hydroxylation is 2. The lowest BCUT2D eigenvalue weighted by atomic mass is 10.0. The Morgan fingerprint density at radius 3 is 2.46 bits per heavy atom. The highest BCUT2D eigenvalue weighted by Gasteiger charge is 2.28.